The number of nitrogens with zero attached hydrogens (tertiary/aromatic N) is 1. The van der Waals surface area contributed by atoms with Crippen molar-refractivity contribution in [2.45, 2.75) is 19.9 Å². The quantitative estimate of drug-likeness (QED) is 0.308. The molecule has 0 bridgehead atoms. The predicted molar refractivity (Wildman–Crippen MR) is 148 cm³/mol. The molecule has 3 aromatic rings. The molecule has 7 nitrogen and oxygen atoms in total. The minimum Gasteiger partial charge on any atom is -0.484 e. The molecule has 0 aromatic heterocycles. The minimum atomic E-state index is -0.237. The molecule has 2 amide bonds. The molecule has 1 saturated heterocycles. The van der Waals surface area contributed by atoms with Gasteiger partial charge in [-0.2, -0.15) is 0 Å². The van der Waals surface area contributed by atoms with Crippen LogP contribution in [0.5, 0.6) is 17.2 Å². The Morgan fingerprint density at radius 3 is 2.54 bits per heavy atom. The molecule has 5 rings (SSSR count). The van der Waals surface area contributed by atoms with Gasteiger partial charge < -0.3 is 19.5 Å². The number of benzene rings is 3. The second kappa shape index (κ2) is 11.1. The number of anilines is 1. The van der Waals surface area contributed by atoms with E-state index in [-0.39, 0.29) is 25.2 Å². The summed E-state index contributed by atoms with van der Waals surface area (Å²) in [5.41, 5.74) is 3.68. The number of thiocarbonyl (C=S) groups is 1. The monoisotopic (exact) mass is 532 g/mol. The number of fused-ring (bicyclic) bond motifs is 1. The zero-order chi connectivity index (χ0) is 25.8. The van der Waals surface area contributed by atoms with Crippen molar-refractivity contribution in [1.29, 1.82) is 0 Å². The molecule has 9 heteroatoms. The molecule has 1 fully saturated rings. The lowest BCUT2D eigenvalue weighted by Crippen LogP contribution is -2.27. The lowest BCUT2D eigenvalue weighted by Gasteiger charge is -2.14. The molecular weight excluding hydrogens is 508 g/mol. The number of rotatable bonds is 8. The molecule has 0 atom stereocenters. The van der Waals surface area contributed by atoms with E-state index >= 15 is 0 Å². The molecule has 0 radical (unpaired) electrons. The first-order chi connectivity index (χ1) is 18.0. The molecule has 0 unspecified atom stereocenters. The maximum absolute atomic E-state index is 13.0. The second-order valence-corrected chi connectivity index (χ2v) is 10.1. The summed E-state index contributed by atoms with van der Waals surface area (Å²) in [6.07, 6.45) is 2.75. The van der Waals surface area contributed by atoms with Crippen LogP contribution in [0.1, 0.15) is 23.6 Å². The zero-order valence-electron chi connectivity index (χ0n) is 20.1. The molecule has 2 aliphatic rings. The van der Waals surface area contributed by atoms with Crippen molar-refractivity contribution in [3.8, 4) is 17.2 Å². The molecule has 188 valence electrons. The number of hydrogen-bond acceptors (Lipinski definition) is 7. The fourth-order valence-electron chi connectivity index (χ4n) is 3.84. The summed E-state index contributed by atoms with van der Waals surface area (Å²) in [7, 11) is 0. The number of carbonyl (C=O) groups is 2. The maximum Gasteiger partial charge on any atom is 0.266 e. The molecular formula is C28H24N2O5S2. The van der Waals surface area contributed by atoms with Crippen molar-refractivity contribution in [1.82, 2.24) is 4.90 Å². The lowest BCUT2D eigenvalue weighted by molar-refractivity contribution is -0.122. The van der Waals surface area contributed by atoms with E-state index < -0.39 is 0 Å². The summed E-state index contributed by atoms with van der Waals surface area (Å²) < 4.78 is 16.9. The minimum absolute atomic E-state index is 0.104. The highest BCUT2D eigenvalue weighted by molar-refractivity contribution is 8.26. The first-order valence-electron chi connectivity index (χ1n) is 11.7. The average Bonchev–Trinajstić information content (AvgIpc) is 3.48. The van der Waals surface area contributed by atoms with Crippen molar-refractivity contribution in [3.05, 3.63) is 88.3 Å². The van der Waals surface area contributed by atoms with Crippen LogP contribution in [-0.2, 0) is 22.6 Å². The number of ether oxygens (including phenoxy) is 3. The summed E-state index contributed by atoms with van der Waals surface area (Å²) in [5, 5.41) is 2.82. The van der Waals surface area contributed by atoms with Crippen LogP contribution in [0.3, 0.4) is 0 Å². The van der Waals surface area contributed by atoms with Crippen LogP contribution in [-0.4, -0.2) is 34.4 Å². The van der Waals surface area contributed by atoms with Gasteiger partial charge in [0.2, 0.25) is 6.79 Å². The summed E-state index contributed by atoms with van der Waals surface area (Å²) in [6.45, 7) is 2.54. The number of hydrogen-bond donors (Lipinski definition) is 1. The summed E-state index contributed by atoms with van der Waals surface area (Å²) in [6, 6.07) is 20.5. The van der Waals surface area contributed by atoms with E-state index in [2.05, 4.69) is 12.2 Å². The molecule has 0 spiro atoms. The van der Waals surface area contributed by atoms with Crippen LogP contribution in [0.25, 0.3) is 6.08 Å². The highest BCUT2D eigenvalue weighted by atomic mass is 32.2. The Hall–Kier alpha value is -3.82. The number of carbonyl (C=O) groups excluding carboxylic acids is 2. The molecule has 3 aromatic carbocycles. The number of nitrogens with one attached hydrogen (secondary N) is 1. The third kappa shape index (κ3) is 5.95. The van der Waals surface area contributed by atoms with Crippen molar-refractivity contribution in [3.63, 3.8) is 0 Å². The fraction of sp³-hybridized carbons (Fsp3) is 0.179. The number of thioether (sulfide) groups is 1. The van der Waals surface area contributed by atoms with Gasteiger partial charge >= 0.3 is 0 Å². The van der Waals surface area contributed by atoms with Gasteiger partial charge in [-0.3, -0.25) is 14.5 Å². The first kappa shape index (κ1) is 24.9. The topological polar surface area (TPSA) is 77.1 Å². The van der Waals surface area contributed by atoms with Gasteiger partial charge in [0.15, 0.2) is 18.1 Å². The smallest absolute Gasteiger partial charge is 0.266 e. The second-order valence-electron chi connectivity index (χ2n) is 8.41. The Kier molecular flexibility index (Phi) is 7.43. The van der Waals surface area contributed by atoms with Gasteiger partial charge in [0.1, 0.15) is 10.1 Å². The normalized spacial score (nSPS) is 15.4. The van der Waals surface area contributed by atoms with E-state index in [1.807, 2.05) is 54.6 Å². The van der Waals surface area contributed by atoms with Gasteiger partial charge in [-0.1, -0.05) is 61.2 Å². The van der Waals surface area contributed by atoms with E-state index in [1.54, 1.807) is 23.1 Å². The third-order valence-corrected chi connectivity index (χ3v) is 7.22. The Morgan fingerprint density at radius 2 is 1.78 bits per heavy atom. The van der Waals surface area contributed by atoms with Gasteiger partial charge in [-0.25, -0.2) is 0 Å². The van der Waals surface area contributed by atoms with Gasteiger partial charge in [0.25, 0.3) is 11.8 Å². The number of amides is 2. The Balaban J connectivity index is 1.16. The van der Waals surface area contributed by atoms with E-state index in [0.29, 0.717) is 33.0 Å². The van der Waals surface area contributed by atoms with Crippen LogP contribution in [0.4, 0.5) is 5.69 Å². The Bertz CT molecular complexity index is 1370. The van der Waals surface area contributed by atoms with Crippen molar-refractivity contribution in [2.24, 2.45) is 0 Å². The van der Waals surface area contributed by atoms with Gasteiger partial charge in [-0.15, -0.1) is 0 Å². The largest absolute Gasteiger partial charge is 0.484 e. The maximum atomic E-state index is 13.0. The van der Waals surface area contributed by atoms with Crippen molar-refractivity contribution < 1.29 is 23.8 Å². The van der Waals surface area contributed by atoms with Crippen molar-refractivity contribution >= 4 is 51.9 Å². The SMILES string of the molecule is CCc1ccc(NC(=O)COc2ccc(/C=C3\SC(=S)N(Cc4ccc5c(c4)OCO5)C3=O)cc2)cc1. The molecule has 2 aliphatic heterocycles. The third-order valence-electron chi connectivity index (χ3n) is 5.84. The van der Waals surface area contributed by atoms with Crippen LogP contribution >= 0.6 is 24.0 Å². The van der Waals surface area contributed by atoms with Gasteiger partial charge in [0, 0.05) is 5.69 Å². The van der Waals surface area contributed by atoms with Crippen molar-refractivity contribution in [2.75, 3.05) is 18.7 Å². The fourth-order valence-corrected chi connectivity index (χ4v) is 5.09. The highest BCUT2D eigenvalue weighted by Crippen LogP contribution is 2.36. The molecule has 2 heterocycles. The van der Waals surface area contributed by atoms with Gasteiger partial charge in [0.05, 0.1) is 11.4 Å². The lowest BCUT2D eigenvalue weighted by atomic mass is 10.1. The van der Waals surface area contributed by atoms with Gasteiger partial charge in [-0.05, 0) is 65.6 Å². The molecule has 0 aliphatic carbocycles. The summed E-state index contributed by atoms with van der Waals surface area (Å²) >= 11 is 6.73. The number of aryl methyl sites for hydroxylation is 1. The van der Waals surface area contributed by atoms with E-state index in [0.717, 1.165) is 23.2 Å². The molecule has 37 heavy (non-hydrogen) atoms. The van der Waals surface area contributed by atoms with E-state index in [9.17, 15) is 9.59 Å². The standard InChI is InChI=1S/C28H24N2O5S2/c1-2-18-3-8-21(9-4-18)29-26(31)16-33-22-10-5-19(6-11-22)14-25-27(32)30(28(36)37-25)15-20-7-12-23-24(13-20)35-17-34-23/h3-14H,2,15-17H2,1H3,(H,29,31)/b25-14-. The summed E-state index contributed by atoms with van der Waals surface area (Å²) in [5.74, 6) is 1.55. The average molecular weight is 533 g/mol. The van der Waals surface area contributed by atoms with E-state index in [1.165, 1.54) is 17.3 Å². The zero-order valence-corrected chi connectivity index (χ0v) is 21.7. The molecule has 0 saturated carbocycles. The first-order valence-corrected chi connectivity index (χ1v) is 13.0. The Labute approximate surface area is 224 Å². The molecule has 1 N–H and O–H groups in total. The van der Waals surface area contributed by atoms with Crippen LogP contribution in [0.15, 0.2) is 71.6 Å². The van der Waals surface area contributed by atoms with Crippen LogP contribution in [0, 0.1) is 0 Å². The van der Waals surface area contributed by atoms with Crippen LogP contribution < -0.4 is 19.5 Å². The van der Waals surface area contributed by atoms with E-state index in [4.69, 9.17) is 26.4 Å². The van der Waals surface area contributed by atoms with Crippen LogP contribution in [0.2, 0.25) is 0 Å². The predicted octanol–water partition coefficient (Wildman–Crippen LogP) is 5.40. The summed E-state index contributed by atoms with van der Waals surface area (Å²) in [4.78, 5) is 27.3. The Morgan fingerprint density at radius 1 is 1.05 bits per heavy atom. The highest BCUT2D eigenvalue weighted by Gasteiger charge is 2.32.